The molecular formula is C32H40N2O3. The molecule has 1 N–H and O–H groups in total. The first kappa shape index (κ1) is 24.8. The molecule has 37 heavy (non-hydrogen) atoms. The van der Waals surface area contributed by atoms with E-state index in [4.69, 9.17) is 4.74 Å². The summed E-state index contributed by atoms with van der Waals surface area (Å²) in [7, 11) is 0. The zero-order valence-electron chi connectivity index (χ0n) is 22.0. The van der Waals surface area contributed by atoms with Gasteiger partial charge in [-0.3, -0.25) is 14.6 Å². The number of aliphatic hydroxyl groups is 1. The molecule has 2 aliphatic heterocycles. The first-order valence-electron chi connectivity index (χ1n) is 14.1. The molecule has 2 saturated carbocycles. The molecule has 5 nitrogen and oxygen atoms in total. The third-order valence-electron chi connectivity index (χ3n) is 9.96. The van der Waals surface area contributed by atoms with E-state index in [0.29, 0.717) is 11.8 Å². The van der Waals surface area contributed by atoms with Crippen LogP contribution in [0.4, 0.5) is 0 Å². The average molecular weight is 501 g/mol. The van der Waals surface area contributed by atoms with Gasteiger partial charge in [-0.1, -0.05) is 79.7 Å². The molecule has 2 aromatic rings. The molecule has 2 heterocycles. The van der Waals surface area contributed by atoms with Crippen molar-refractivity contribution >= 4 is 5.97 Å². The van der Waals surface area contributed by atoms with Crippen LogP contribution in [-0.2, 0) is 15.3 Å². The number of benzene rings is 2. The van der Waals surface area contributed by atoms with Crippen LogP contribution in [0.2, 0.25) is 0 Å². The molecule has 4 fully saturated rings. The Morgan fingerprint density at radius 3 is 2.27 bits per heavy atom. The van der Waals surface area contributed by atoms with Gasteiger partial charge in [-0.05, 0) is 43.4 Å². The van der Waals surface area contributed by atoms with Crippen LogP contribution < -0.4 is 0 Å². The van der Waals surface area contributed by atoms with Gasteiger partial charge in [0.15, 0.2) is 5.72 Å². The number of piperazine rings is 1. The summed E-state index contributed by atoms with van der Waals surface area (Å²) in [5.74, 6) is 0.750. The summed E-state index contributed by atoms with van der Waals surface area (Å²) in [4.78, 5) is 17.7. The van der Waals surface area contributed by atoms with Crippen LogP contribution in [0.1, 0.15) is 50.2 Å². The fourth-order valence-electron chi connectivity index (χ4n) is 7.87. The maximum Gasteiger partial charge on any atom is 0.310 e. The third-order valence-corrected chi connectivity index (χ3v) is 9.96. The van der Waals surface area contributed by atoms with Gasteiger partial charge in [0.05, 0.1) is 5.92 Å². The lowest BCUT2D eigenvalue weighted by molar-refractivity contribution is -0.146. The summed E-state index contributed by atoms with van der Waals surface area (Å²) in [5, 5.41) is 12.1. The van der Waals surface area contributed by atoms with Crippen molar-refractivity contribution in [2.45, 2.75) is 50.9 Å². The van der Waals surface area contributed by atoms with Gasteiger partial charge >= 0.3 is 5.97 Å². The molecule has 0 amide bonds. The fourth-order valence-corrected chi connectivity index (χ4v) is 7.87. The van der Waals surface area contributed by atoms with Crippen LogP contribution in [0.25, 0.3) is 0 Å². The van der Waals surface area contributed by atoms with Gasteiger partial charge in [0, 0.05) is 49.8 Å². The smallest absolute Gasteiger partial charge is 0.310 e. The Bertz CT molecular complexity index is 1090. The molecule has 4 aliphatic rings. The van der Waals surface area contributed by atoms with Gasteiger partial charge in [-0.25, -0.2) is 0 Å². The summed E-state index contributed by atoms with van der Waals surface area (Å²) in [6.07, 6.45) is 5.65. The second-order valence-corrected chi connectivity index (χ2v) is 12.1. The monoisotopic (exact) mass is 500 g/mol. The zero-order chi connectivity index (χ0) is 25.6. The fraction of sp³-hybridized carbons (Fsp3) is 0.531. The van der Waals surface area contributed by atoms with Crippen molar-refractivity contribution in [2.24, 2.45) is 23.2 Å². The van der Waals surface area contributed by atoms with E-state index in [-0.39, 0.29) is 23.4 Å². The molecule has 0 bridgehead atoms. The molecule has 5 heteroatoms. The Hall–Kier alpha value is -2.47. The Labute approximate surface area is 221 Å². The number of hydrogen-bond acceptors (Lipinski definition) is 5. The standard InChI is InChI=1S/C32H40N2O3/c1-23-10-9-15-31(2)21-29-26(20-28(23)31)27(30(35)37-29)22-33-16-18-34(19-17-33)32(36,24-11-5-3-6-12-24)25-13-7-4-8-14-25/h3-8,11-14,26-29,36H,1,9-10,15-22H2,2H3/t26-,27+,28+,29+,31+/m0/s1. The van der Waals surface area contributed by atoms with Crippen molar-refractivity contribution < 1.29 is 14.6 Å². The summed E-state index contributed by atoms with van der Waals surface area (Å²) in [6.45, 7) is 10.7. The van der Waals surface area contributed by atoms with E-state index in [0.717, 1.165) is 63.1 Å². The molecular weight excluding hydrogens is 460 g/mol. The highest BCUT2D eigenvalue weighted by atomic mass is 16.6. The average Bonchev–Trinajstić information content (AvgIpc) is 3.21. The second kappa shape index (κ2) is 9.68. The van der Waals surface area contributed by atoms with E-state index in [9.17, 15) is 9.90 Å². The van der Waals surface area contributed by atoms with Crippen LogP contribution in [-0.4, -0.2) is 59.7 Å². The molecule has 0 aromatic heterocycles. The van der Waals surface area contributed by atoms with Crippen molar-refractivity contribution in [2.75, 3.05) is 32.7 Å². The van der Waals surface area contributed by atoms with Gasteiger partial charge in [0.1, 0.15) is 6.10 Å². The largest absolute Gasteiger partial charge is 0.462 e. The van der Waals surface area contributed by atoms with E-state index in [1.54, 1.807) is 0 Å². The highest BCUT2D eigenvalue weighted by molar-refractivity contribution is 5.75. The first-order chi connectivity index (χ1) is 17.9. The number of rotatable bonds is 5. The van der Waals surface area contributed by atoms with Crippen LogP contribution in [0.15, 0.2) is 72.8 Å². The third kappa shape index (κ3) is 4.35. The van der Waals surface area contributed by atoms with Gasteiger partial charge in [0.2, 0.25) is 0 Å². The number of ether oxygens (including phenoxy) is 1. The van der Waals surface area contributed by atoms with Crippen molar-refractivity contribution in [3.63, 3.8) is 0 Å². The molecule has 2 aliphatic carbocycles. The van der Waals surface area contributed by atoms with Crippen molar-refractivity contribution in [1.82, 2.24) is 9.80 Å². The summed E-state index contributed by atoms with van der Waals surface area (Å²) in [5.41, 5.74) is 2.21. The van der Waals surface area contributed by atoms with Crippen LogP contribution in [0, 0.1) is 23.2 Å². The van der Waals surface area contributed by atoms with Gasteiger partial charge < -0.3 is 9.84 Å². The lowest BCUT2D eigenvalue weighted by Gasteiger charge is -2.50. The molecule has 6 rings (SSSR count). The molecule has 0 radical (unpaired) electrons. The Balaban J connectivity index is 1.15. The molecule has 2 saturated heterocycles. The maximum atomic E-state index is 13.1. The van der Waals surface area contributed by atoms with E-state index in [1.165, 1.54) is 18.4 Å². The quantitative estimate of drug-likeness (QED) is 0.472. The lowest BCUT2D eigenvalue weighted by Crippen LogP contribution is -2.57. The Morgan fingerprint density at radius 2 is 1.65 bits per heavy atom. The van der Waals surface area contributed by atoms with Gasteiger partial charge in [-0.15, -0.1) is 0 Å². The van der Waals surface area contributed by atoms with E-state index in [1.807, 2.05) is 60.7 Å². The zero-order valence-corrected chi connectivity index (χ0v) is 22.0. The minimum Gasteiger partial charge on any atom is -0.462 e. The van der Waals surface area contributed by atoms with E-state index in [2.05, 4.69) is 23.3 Å². The number of esters is 1. The van der Waals surface area contributed by atoms with Crippen LogP contribution in [0.3, 0.4) is 0 Å². The van der Waals surface area contributed by atoms with Crippen molar-refractivity contribution in [1.29, 1.82) is 0 Å². The highest BCUT2D eigenvalue weighted by Gasteiger charge is 2.55. The SMILES string of the molecule is C=C1CCC[C@]2(C)C[C@H]3OC(=O)[C@H](CN4CCN(C(O)(c5ccccc5)c5ccccc5)CC4)[C@@H]3C[C@H]12. The Morgan fingerprint density at radius 1 is 1.03 bits per heavy atom. The predicted octanol–water partition coefficient (Wildman–Crippen LogP) is 4.81. The lowest BCUT2D eigenvalue weighted by atomic mass is 9.55. The van der Waals surface area contributed by atoms with E-state index < -0.39 is 5.72 Å². The van der Waals surface area contributed by atoms with Crippen molar-refractivity contribution in [3.05, 3.63) is 83.9 Å². The number of carbonyl (C=O) groups is 1. The second-order valence-electron chi connectivity index (χ2n) is 12.1. The molecule has 0 unspecified atom stereocenters. The molecule has 196 valence electrons. The van der Waals surface area contributed by atoms with Gasteiger partial charge in [-0.2, -0.15) is 0 Å². The van der Waals surface area contributed by atoms with Gasteiger partial charge in [0.25, 0.3) is 0 Å². The minimum atomic E-state index is -1.18. The molecule has 0 spiro atoms. The molecule has 2 aromatic carbocycles. The van der Waals surface area contributed by atoms with E-state index >= 15 is 0 Å². The summed E-state index contributed by atoms with van der Waals surface area (Å²) < 4.78 is 6.01. The normalized spacial score (nSPS) is 33.0. The summed E-state index contributed by atoms with van der Waals surface area (Å²) >= 11 is 0. The Kier molecular flexibility index (Phi) is 6.50. The topological polar surface area (TPSA) is 53.0 Å². The van der Waals surface area contributed by atoms with Crippen LogP contribution in [0.5, 0.6) is 0 Å². The number of fused-ring (bicyclic) bond motifs is 2. The van der Waals surface area contributed by atoms with Crippen LogP contribution >= 0.6 is 0 Å². The maximum absolute atomic E-state index is 13.1. The minimum absolute atomic E-state index is 0.00429. The number of allylic oxidation sites excluding steroid dienone is 1. The number of carbonyl (C=O) groups excluding carboxylic acids is 1. The first-order valence-corrected chi connectivity index (χ1v) is 14.1. The summed E-state index contributed by atoms with van der Waals surface area (Å²) in [6, 6.07) is 19.9. The number of hydrogen-bond donors (Lipinski definition) is 1. The highest BCUT2D eigenvalue weighted by Crippen LogP contribution is 2.57. The number of nitrogens with zero attached hydrogens (tertiary/aromatic N) is 2. The molecule has 5 atom stereocenters. The van der Waals surface area contributed by atoms with Crippen molar-refractivity contribution in [3.8, 4) is 0 Å². The predicted molar refractivity (Wildman–Crippen MR) is 145 cm³/mol.